The van der Waals surface area contributed by atoms with E-state index in [0.717, 1.165) is 0 Å². The molecule has 2 aliphatic heterocycles. The van der Waals surface area contributed by atoms with Crippen LogP contribution in [0.3, 0.4) is 0 Å². The predicted molar refractivity (Wildman–Crippen MR) is 214 cm³/mol. The first-order valence-corrected chi connectivity index (χ1v) is 18.0. The van der Waals surface area contributed by atoms with Crippen LogP contribution in [0.15, 0.2) is 182 Å². The Bertz CT molecular complexity index is 2880. The van der Waals surface area contributed by atoms with Crippen molar-refractivity contribution in [1.82, 2.24) is 4.57 Å². The van der Waals surface area contributed by atoms with Gasteiger partial charge in [-0.1, -0.05) is 168 Å². The Morgan fingerprint density at radius 2 is 1.00 bits per heavy atom. The van der Waals surface area contributed by atoms with Crippen molar-refractivity contribution in [2.75, 3.05) is 0 Å². The van der Waals surface area contributed by atoms with Gasteiger partial charge in [0.1, 0.15) is 0 Å². The fourth-order valence-corrected chi connectivity index (χ4v) is 10.2. The molecule has 1 atom stereocenters. The van der Waals surface area contributed by atoms with E-state index in [2.05, 4.69) is 187 Å². The van der Waals surface area contributed by atoms with Gasteiger partial charge in [0, 0.05) is 16.5 Å². The van der Waals surface area contributed by atoms with Crippen molar-refractivity contribution in [3.05, 3.63) is 204 Å². The first-order valence-electron chi connectivity index (χ1n) is 18.0. The van der Waals surface area contributed by atoms with Crippen molar-refractivity contribution >= 4 is 44.9 Å². The van der Waals surface area contributed by atoms with Crippen LogP contribution in [0.4, 0.5) is 0 Å². The van der Waals surface area contributed by atoms with Crippen LogP contribution in [0.2, 0.25) is 0 Å². The number of nitrogens with zero attached hydrogens (tertiary/aromatic N) is 1. The zero-order valence-corrected chi connectivity index (χ0v) is 27.8. The van der Waals surface area contributed by atoms with Crippen LogP contribution in [0.25, 0.3) is 60.9 Å². The van der Waals surface area contributed by atoms with Crippen molar-refractivity contribution < 1.29 is 0 Å². The van der Waals surface area contributed by atoms with Crippen LogP contribution >= 0.6 is 0 Å². The molecule has 0 amide bonds. The molecule has 0 N–H and O–H groups in total. The topological polar surface area (TPSA) is 4.93 Å². The molecule has 3 aliphatic rings. The molecule has 0 radical (unpaired) electrons. The zero-order valence-electron chi connectivity index (χ0n) is 27.8. The lowest BCUT2D eigenvalue weighted by Gasteiger charge is -2.42. The lowest BCUT2D eigenvalue weighted by Crippen LogP contribution is -2.59. The van der Waals surface area contributed by atoms with Gasteiger partial charge in [-0.15, -0.1) is 0 Å². The smallest absolute Gasteiger partial charge is 0.243 e. The minimum Gasteiger partial charge on any atom is -0.309 e. The standard InChI is InChI=1S/C49H30BN/c1-2-13-31(14-3-1)32-25-27-41-39(29-32)34-15-4-8-20-40(34)49(41)42-28-26-33(51-46-23-10-6-17-36(46)37-18-7-11-24-47(37)51)30-45(42)50-44-22-9-5-16-35(44)38-19-12-21-43(49)48(38)50/h1-30H. The highest BCUT2D eigenvalue weighted by Gasteiger charge is 2.54. The van der Waals surface area contributed by atoms with Gasteiger partial charge in [-0.3, -0.25) is 0 Å². The number of hydrogen-bond donors (Lipinski definition) is 0. The van der Waals surface area contributed by atoms with Gasteiger partial charge >= 0.3 is 0 Å². The van der Waals surface area contributed by atoms with Crippen molar-refractivity contribution in [2.24, 2.45) is 0 Å². The monoisotopic (exact) mass is 643 g/mol. The minimum atomic E-state index is -0.445. The van der Waals surface area contributed by atoms with E-state index in [-0.39, 0.29) is 6.71 Å². The van der Waals surface area contributed by atoms with Gasteiger partial charge in [0.25, 0.3) is 0 Å². The molecule has 0 saturated carbocycles. The number of fused-ring (bicyclic) bond motifs is 15. The van der Waals surface area contributed by atoms with Gasteiger partial charge in [0.2, 0.25) is 6.71 Å². The lowest BCUT2D eigenvalue weighted by molar-refractivity contribution is 0.775. The van der Waals surface area contributed by atoms with E-state index in [0.29, 0.717) is 0 Å². The quantitative estimate of drug-likeness (QED) is 0.165. The average molecular weight is 644 g/mol. The molecule has 234 valence electrons. The summed E-state index contributed by atoms with van der Waals surface area (Å²) in [5.74, 6) is 0. The molecule has 1 spiro atoms. The highest BCUT2D eigenvalue weighted by molar-refractivity contribution is 7.00. The highest BCUT2D eigenvalue weighted by atomic mass is 15.0. The summed E-state index contributed by atoms with van der Waals surface area (Å²) in [6, 6.07) is 68.5. The molecule has 1 aromatic heterocycles. The van der Waals surface area contributed by atoms with Crippen LogP contribution in [0, 0.1) is 0 Å². The number of rotatable bonds is 2. The van der Waals surface area contributed by atoms with Crippen molar-refractivity contribution in [1.29, 1.82) is 0 Å². The van der Waals surface area contributed by atoms with Crippen LogP contribution in [0.5, 0.6) is 0 Å². The number of para-hydroxylation sites is 2. The Morgan fingerprint density at radius 1 is 0.373 bits per heavy atom. The van der Waals surface area contributed by atoms with Crippen molar-refractivity contribution in [3.63, 3.8) is 0 Å². The first kappa shape index (κ1) is 27.4. The van der Waals surface area contributed by atoms with Crippen LogP contribution in [-0.2, 0) is 5.41 Å². The van der Waals surface area contributed by atoms with Gasteiger partial charge in [-0.05, 0) is 86.0 Å². The van der Waals surface area contributed by atoms with E-state index in [4.69, 9.17) is 0 Å². The molecule has 51 heavy (non-hydrogen) atoms. The molecule has 0 bridgehead atoms. The maximum atomic E-state index is 2.53. The van der Waals surface area contributed by atoms with E-state index < -0.39 is 5.41 Å². The Balaban J connectivity index is 1.21. The van der Waals surface area contributed by atoms with Gasteiger partial charge in [-0.2, -0.15) is 0 Å². The van der Waals surface area contributed by atoms with E-state index in [1.165, 1.54) is 99.5 Å². The minimum absolute atomic E-state index is 0.154. The normalized spacial score (nSPS) is 15.9. The second kappa shape index (κ2) is 9.87. The summed E-state index contributed by atoms with van der Waals surface area (Å²) >= 11 is 0. The van der Waals surface area contributed by atoms with E-state index in [1.807, 2.05) is 0 Å². The Morgan fingerprint density at radius 3 is 1.82 bits per heavy atom. The largest absolute Gasteiger partial charge is 0.309 e. The number of aromatic nitrogens is 1. The molecule has 0 fully saturated rings. The predicted octanol–water partition coefficient (Wildman–Crippen LogP) is 9.62. The maximum absolute atomic E-state index is 2.53. The van der Waals surface area contributed by atoms with Crippen LogP contribution in [0.1, 0.15) is 22.3 Å². The third-order valence-electron chi connectivity index (χ3n) is 12.1. The van der Waals surface area contributed by atoms with Gasteiger partial charge in [0.05, 0.1) is 16.4 Å². The van der Waals surface area contributed by atoms with Crippen molar-refractivity contribution in [3.8, 4) is 39.1 Å². The fraction of sp³-hybridized carbons (Fsp3) is 0.0204. The maximum Gasteiger partial charge on any atom is 0.243 e. The summed E-state index contributed by atoms with van der Waals surface area (Å²) in [6.45, 7) is 0.154. The Labute approximate surface area is 297 Å². The summed E-state index contributed by atoms with van der Waals surface area (Å²) < 4.78 is 2.47. The molecule has 12 rings (SSSR count). The molecule has 0 saturated heterocycles. The van der Waals surface area contributed by atoms with E-state index in [1.54, 1.807) is 0 Å². The fourth-order valence-electron chi connectivity index (χ4n) is 10.2. The molecule has 9 aromatic rings. The molecular formula is C49H30BN. The van der Waals surface area contributed by atoms with Gasteiger partial charge in [-0.25, -0.2) is 0 Å². The highest BCUT2D eigenvalue weighted by Crippen LogP contribution is 2.58. The molecule has 8 aromatic carbocycles. The van der Waals surface area contributed by atoms with E-state index >= 15 is 0 Å². The Kier molecular flexibility index (Phi) is 5.31. The molecular weight excluding hydrogens is 613 g/mol. The summed E-state index contributed by atoms with van der Waals surface area (Å²) in [5.41, 5.74) is 20.9. The number of hydrogen-bond acceptors (Lipinski definition) is 0. The average Bonchev–Trinajstić information content (AvgIpc) is 3.82. The summed E-state index contributed by atoms with van der Waals surface area (Å²) in [5, 5.41) is 2.57. The van der Waals surface area contributed by atoms with Gasteiger partial charge < -0.3 is 4.57 Å². The third kappa shape index (κ3) is 3.38. The summed E-state index contributed by atoms with van der Waals surface area (Å²) in [4.78, 5) is 0. The molecule has 1 aliphatic carbocycles. The molecule has 1 nitrogen and oxygen atoms in total. The molecule has 3 heterocycles. The molecule has 2 heteroatoms. The van der Waals surface area contributed by atoms with Crippen LogP contribution < -0.4 is 16.4 Å². The first-order chi connectivity index (χ1) is 25.3. The summed E-state index contributed by atoms with van der Waals surface area (Å²) in [6.07, 6.45) is 0. The Hall–Kier alpha value is -6.38. The second-order valence-electron chi connectivity index (χ2n) is 14.4. The molecule has 1 unspecified atom stereocenters. The lowest BCUT2D eigenvalue weighted by atomic mass is 9.32. The second-order valence-corrected chi connectivity index (χ2v) is 14.4. The zero-order chi connectivity index (χ0) is 33.3. The summed E-state index contributed by atoms with van der Waals surface area (Å²) in [7, 11) is 0. The van der Waals surface area contributed by atoms with E-state index in [9.17, 15) is 0 Å². The van der Waals surface area contributed by atoms with Crippen LogP contribution in [-0.4, -0.2) is 11.3 Å². The SMILES string of the molecule is c1ccc(-c2ccc3c(c2)-c2ccccc2C32c3ccc(-n4c5ccccc5c5ccccc54)cc3B3c4ccccc4-c4cccc2c43)cc1. The third-order valence-corrected chi connectivity index (χ3v) is 12.1. The van der Waals surface area contributed by atoms with Gasteiger partial charge in [0.15, 0.2) is 0 Å². The van der Waals surface area contributed by atoms with Crippen molar-refractivity contribution in [2.45, 2.75) is 5.41 Å². The number of benzene rings is 8.